The SMILES string of the molecule is OC1(c2ncc(I)o2)CCCC1. The lowest BCUT2D eigenvalue weighted by molar-refractivity contribution is 0.0156. The molecule has 1 saturated carbocycles. The normalized spacial score (nSPS) is 21.5. The van der Waals surface area contributed by atoms with Crippen molar-refractivity contribution in [3.8, 4) is 0 Å². The highest BCUT2D eigenvalue weighted by Gasteiger charge is 2.37. The van der Waals surface area contributed by atoms with Gasteiger partial charge in [0.25, 0.3) is 0 Å². The van der Waals surface area contributed by atoms with Gasteiger partial charge in [0.05, 0.1) is 6.20 Å². The van der Waals surface area contributed by atoms with E-state index in [0.29, 0.717) is 5.89 Å². The van der Waals surface area contributed by atoms with E-state index in [0.717, 1.165) is 29.5 Å². The van der Waals surface area contributed by atoms with Crippen LogP contribution in [0, 0.1) is 3.77 Å². The molecule has 1 aromatic heterocycles. The first-order chi connectivity index (χ1) is 5.71. The molecule has 0 aliphatic heterocycles. The van der Waals surface area contributed by atoms with Crippen LogP contribution in [0.25, 0.3) is 0 Å². The lowest BCUT2D eigenvalue weighted by Gasteiger charge is -2.16. The predicted octanol–water partition coefficient (Wildman–Crippen LogP) is 2.04. The first-order valence-electron chi connectivity index (χ1n) is 4.05. The second-order valence-electron chi connectivity index (χ2n) is 3.21. The fourth-order valence-corrected chi connectivity index (χ4v) is 1.99. The lowest BCUT2D eigenvalue weighted by Crippen LogP contribution is -2.21. The zero-order valence-corrected chi connectivity index (χ0v) is 8.74. The van der Waals surface area contributed by atoms with E-state index in [1.807, 2.05) is 0 Å². The Labute approximate surface area is 84.3 Å². The molecular weight excluding hydrogens is 269 g/mol. The van der Waals surface area contributed by atoms with E-state index in [9.17, 15) is 5.11 Å². The van der Waals surface area contributed by atoms with Crippen LogP contribution in [0.1, 0.15) is 31.6 Å². The van der Waals surface area contributed by atoms with Gasteiger partial charge < -0.3 is 9.52 Å². The van der Waals surface area contributed by atoms with E-state index in [1.165, 1.54) is 0 Å². The quantitative estimate of drug-likeness (QED) is 0.800. The third-order valence-electron chi connectivity index (χ3n) is 2.31. The van der Waals surface area contributed by atoms with Crippen LogP contribution < -0.4 is 0 Å². The fourth-order valence-electron chi connectivity index (χ4n) is 1.64. The van der Waals surface area contributed by atoms with Gasteiger partial charge in [-0.2, -0.15) is 0 Å². The lowest BCUT2D eigenvalue weighted by atomic mass is 10.0. The Morgan fingerprint density at radius 2 is 2.17 bits per heavy atom. The molecule has 1 aliphatic carbocycles. The van der Waals surface area contributed by atoms with E-state index < -0.39 is 5.60 Å². The van der Waals surface area contributed by atoms with E-state index in [1.54, 1.807) is 6.20 Å². The molecule has 12 heavy (non-hydrogen) atoms. The maximum absolute atomic E-state index is 10.0. The number of aliphatic hydroxyl groups is 1. The number of hydrogen-bond acceptors (Lipinski definition) is 3. The molecule has 3 nitrogen and oxygen atoms in total. The smallest absolute Gasteiger partial charge is 0.227 e. The minimum Gasteiger partial charge on any atom is -0.432 e. The highest BCUT2D eigenvalue weighted by atomic mass is 127. The van der Waals surface area contributed by atoms with Crippen molar-refractivity contribution >= 4 is 22.6 Å². The molecule has 4 heteroatoms. The van der Waals surface area contributed by atoms with Crippen molar-refractivity contribution in [1.29, 1.82) is 0 Å². The molecule has 2 rings (SSSR count). The van der Waals surface area contributed by atoms with Crippen molar-refractivity contribution in [2.45, 2.75) is 31.3 Å². The standard InChI is InChI=1S/C8H10INO2/c9-6-5-10-7(12-6)8(11)3-1-2-4-8/h5,11H,1-4H2. The summed E-state index contributed by atoms with van der Waals surface area (Å²) in [5.74, 6) is 0.490. The second kappa shape index (κ2) is 2.99. The third-order valence-corrected chi connectivity index (χ3v) is 2.81. The van der Waals surface area contributed by atoms with Crippen molar-refractivity contribution in [3.63, 3.8) is 0 Å². The Kier molecular flexibility index (Phi) is 2.12. The molecule has 0 aromatic carbocycles. The topological polar surface area (TPSA) is 46.3 Å². The van der Waals surface area contributed by atoms with E-state index in [4.69, 9.17) is 4.42 Å². The monoisotopic (exact) mass is 279 g/mol. The van der Waals surface area contributed by atoms with Crippen LogP contribution in [0.5, 0.6) is 0 Å². The molecule has 0 saturated heterocycles. The van der Waals surface area contributed by atoms with Gasteiger partial charge in [0.15, 0.2) is 3.77 Å². The summed E-state index contributed by atoms with van der Waals surface area (Å²) in [6, 6.07) is 0. The summed E-state index contributed by atoms with van der Waals surface area (Å²) in [4.78, 5) is 4.05. The molecule has 1 aromatic rings. The van der Waals surface area contributed by atoms with Gasteiger partial charge >= 0.3 is 0 Å². The summed E-state index contributed by atoms with van der Waals surface area (Å²) in [6.07, 6.45) is 5.34. The molecule has 0 atom stereocenters. The number of nitrogens with zero attached hydrogens (tertiary/aromatic N) is 1. The van der Waals surface area contributed by atoms with Crippen molar-refractivity contribution in [1.82, 2.24) is 4.98 Å². The molecule has 0 amide bonds. The summed E-state index contributed by atoms with van der Waals surface area (Å²) in [5, 5.41) is 10.0. The fraction of sp³-hybridized carbons (Fsp3) is 0.625. The van der Waals surface area contributed by atoms with Crippen molar-refractivity contribution in [2.75, 3.05) is 0 Å². The Bertz CT molecular complexity index is 278. The van der Waals surface area contributed by atoms with E-state index in [-0.39, 0.29) is 0 Å². The highest BCUT2D eigenvalue weighted by Crippen LogP contribution is 2.37. The van der Waals surface area contributed by atoms with E-state index >= 15 is 0 Å². The number of oxazole rings is 1. The molecule has 0 unspecified atom stereocenters. The average molecular weight is 279 g/mol. The Morgan fingerprint density at radius 1 is 1.50 bits per heavy atom. The number of rotatable bonds is 1. The summed E-state index contributed by atoms with van der Waals surface area (Å²) in [6.45, 7) is 0. The maximum Gasteiger partial charge on any atom is 0.227 e. The second-order valence-corrected chi connectivity index (χ2v) is 4.27. The summed E-state index contributed by atoms with van der Waals surface area (Å²) in [5.41, 5.74) is -0.774. The number of halogens is 1. The van der Waals surface area contributed by atoms with Crippen LogP contribution >= 0.6 is 22.6 Å². The number of aromatic nitrogens is 1. The Morgan fingerprint density at radius 3 is 2.67 bits per heavy atom. The Hall–Kier alpha value is -0.100. The minimum absolute atomic E-state index is 0.490. The van der Waals surface area contributed by atoms with Gasteiger partial charge in [0.2, 0.25) is 5.89 Å². The molecule has 1 aliphatic rings. The molecule has 66 valence electrons. The van der Waals surface area contributed by atoms with E-state index in [2.05, 4.69) is 27.6 Å². The zero-order valence-electron chi connectivity index (χ0n) is 6.59. The zero-order chi connectivity index (χ0) is 8.60. The predicted molar refractivity (Wildman–Crippen MR) is 51.6 cm³/mol. The molecular formula is C8H10INO2. The molecule has 1 heterocycles. The average Bonchev–Trinajstić information content (AvgIpc) is 2.59. The number of hydrogen-bond donors (Lipinski definition) is 1. The molecule has 0 bridgehead atoms. The molecule has 0 spiro atoms. The third kappa shape index (κ3) is 1.37. The van der Waals surface area contributed by atoms with Crippen LogP contribution in [0.15, 0.2) is 10.6 Å². The summed E-state index contributed by atoms with van der Waals surface area (Å²) >= 11 is 2.05. The highest BCUT2D eigenvalue weighted by molar-refractivity contribution is 14.1. The molecule has 0 radical (unpaired) electrons. The Balaban J connectivity index is 2.28. The van der Waals surface area contributed by atoms with Gasteiger partial charge in [0.1, 0.15) is 5.60 Å². The molecule has 1 fully saturated rings. The largest absolute Gasteiger partial charge is 0.432 e. The van der Waals surface area contributed by atoms with Gasteiger partial charge in [-0.25, -0.2) is 4.98 Å². The first kappa shape index (κ1) is 8.50. The van der Waals surface area contributed by atoms with Crippen LogP contribution in [0.3, 0.4) is 0 Å². The van der Waals surface area contributed by atoms with Gasteiger partial charge in [-0.3, -0.25) is 0 Å². The van der Waals surface area contributed by atoms with Crippen LogP contribution in [0.2, 0.25) is 0 Å². The van der Waals surface area contributed by atoms with Gasteiger partial charge in [0, 0.05) is 22.6 Å². The minimum atomic E-state index is -0.774. The van der Waals surface area contributed by atoms with Gasteiger partial charge in [-0.1, -0.05) is 0 Å². The summed E-state index contributed by atoms with van der Waals surface area (Å²) < 4.78 is 6.03. The van der Waals surface area contributed by atoms with Crippen molar-refractivity contribution < 1.29 is 9.52 Å². The van der Waals surface area contributed by atoms with Crippen molar-refractivity contribution in [3.05, 3.63) is 15.9 Å². The summed E-state index contributed by atoms with van der Waals surface area (Å²) in [7, 11) is 0. The van der Waals surface area contributed by atoms with Crippen LogP contribution in [-0.4, -0.2) is 10.1 Å². The van der Waals surface area contributed by atoms with Gasteiger partial charge in [-0.05, 0) is 25.7 Å². The first-order valence-corrected chi connectivity index (χ1v) is 5.13. The maximum atomic E-state index is 10.0. The van der Waals surface area contributed by atoms with Crippen LogP contribution in [-0.2, 0) is 5.60 Å². The van der Waals surface area contributed by atoms with Crippen LogP contribution in [0.4, 0.5) is 0 Å². The molecule has 1 N–H and O–H groups in total. The van der Waals surface area contributed by atoms with Gasteiger partial charge in [-0.15, -0.1) is 0 Å². The van der Waals surface area contributed by atoms with Crippen molar-refractivity contribution in [2.24, 2.45) is 0 Å².